The summed E-state index contributed by atoms with van der Waals surface area (Å²) in [6.07, 6.45) is 0.711. The van der Waals surface area contributed by atoms with E-state index in [2.05, 4.69) is 5.32 Å². The van der Waals surface area contributed by atoms with E-state index in [0.29, 0.717) is 18.5 Å². The molecule has 0 saturated carbocycles. The maximum absolute atomic E-state index is 13.4. The second kappa shape index (κ2) is 6.57. The molecule has 0 heterocycles. The minimum Gasteiger partial charge on any atom is -0.312 e. The Balaban J connectivity index is 1.86. The van der Waals surface area contributed by atoms with E-state index in [1.54, 1.807) is 6.07 Å². The molecule has 4 heteroatoms. The molecule has 0 bridgehead atoms. The first-order valence-electron chi connectivity index (χ1n) is 6.46. The zero-order valence-corrected chi connectivity index (χ0v) is 11.2. The lowest BCUT2D eigenvalue weighted by Crippen LogP contribution is -2.18. The van der Waals surface area contributed by atoms with Crippen molar-refractivity contribution in [2.75, 3.05) is 6.54 Å². The highest BCUT2D eigenvalue weighted by atomic mass is 19.1. The van der Waals surface area contributed by atoms with Gasteiger partial charge in [0.25, 0.3) is 0 Å². The highest BCUT2D eigenvalue weighted by molar-refractivity contribution is 5.26. The van der Waals surface area contributed by atoms with E-state index >= 15 is 0 Å². The van der Waals surface area contributed by atoms with Gasteiger partial charge in [-0.2, -0.15) is 0 Å². The number of aryl methyl sites for hydroxylation is 1. The van der Waals surface area contributed by atoms with Crippen molar-refractivity contribution in [3.63, 3.8) is 0 Å². The third kappa shape index (κ3) is 3.84. The third-order valence-corrected chi connectivity index (χ3v) is 3.20. The third-order valence-electron chi connectivity index (χ3n) is 3.20. The SMILES string of the molecule is Cc1cc(F)ccc1CCNCc1cc(F)ccc1F. The summed E-state index contributed by atoms with van der Waals surface area (Å²) in [6, 6.07) is 8.06. The number of hydrogen-bond donors (Lipinski definition) is 1. The van der Waals surface area contributed by atoms with Crippen molar-refractivity contribution < 1.29 is 13.2 Å². The average Bonchev–Trinajstić information content (AvgIpc) is 2.40. The van der Waals surface area contributed by atoms with Crippen molar-refractivity contribution >= 4 is 0 Å². The molecule has 2 aromatic carbocycles. The summed E-state index contributed by atoms with van der Waals surface area (Å²) in [5, 5.41) is 3.06. The second-order valence-corrected chi connectivity index (χ2v) is 4.73. The molecule has 20 heavy (non-hydrogen) atoms. The van der Waals surface area contributed by atoms with Crippen LogP contribution in [0.3, 0.4) is 0 Å². The molecule has 1 N–H and O–H groups in total. The monoisotopic (exact) mass is 279 g/mol. The van der Waals surface area contributed by atoms with E-state index in [1.165, 1.54) is 18.2 Å². The van der Waals surface area contributed by atoms with E-state index in [0.717, 1.165) is 23.3 Å². The van der Waals surface area contributed by atoms with E-state index in [1.807, 2.05) is 6.92 Å². The summed E-state index contributed by atoms with van der Waals surface area (Å²) in [7, 11) is 0. The normalized spacial score (nSPS) is 10.8. The van der Waals surface area contributed by atoms with Crippen LogP contribution in [0.15, 0.2) is 36.4 Å². The minimum atomic E-state index is -0.447. The fourth-order valence-corrected chi connectivity index (χ4v) is 2.06. The van der Waals surface area contributed by atoms with Gasteiger partial charge in [0.1, 0.15) is 17.5 Å². The van der Waals surface area contributed by atoms with E-state index in [9.17, 15) is 13.2 Å². The molecule has 0 atom stereocenters. The highest BCUT2D eigenvalue weighted by Crippen LogP contribution is 2.11. The Morgan fingerprint density at radius 3 is 2.35 bits per heavy atom. The largest absolute Gasteiger partial charge is 0.312 e. The van der Waals surface area contributed by atoms with Crippen molar-refractivity contribution in [2.45, 2.75) is 19.9 Å². The van der Waals surface area contributed by atoms with Gasteiger partial charge in [-0.1, -0.05) is 6.07 Å². The number of halogens is 3. The van der Waals surface area contributed by atoms with Gasteiger partial charge < -0.3 is 5.32 Å². The standard InChI is InChI=1S/C16H16F3N/c1-11-8-14(17)3-2-12(11)6-7-20-10-13-9-15(18)4-5-16(13)19/h2-5,8-9,20H,6-7,10H2,1H3. The van der Waals surface area contributed by atoms with Crippen LogP contribution in [-0.2, 0) is 13.0 Å². The predicted molar refractivity (Wildman–Crippen MR) is 72.9 cm³/mol. The summed E-state index contributed by atoms with van der Waals surface area (Å²) in [5.74, 6) is -1.12. The molecule has 106 valence electrons. The van der Waals surface area contributed by atoms with Crippen molar-refractivity contribution in [1.29, 1.82) is 0 Å². The lowest BCUT2D eigenvalue weighted by atomic mass is 10.1. The van der Waals surface area contributed by atoms with Crippen LogP contribution in [0.1, 0.15) is 16.7 Å². The molecular formula is C16H16F3N. The predicted octanol–water partition coefficient (Wildman–Crippen LogP) is 3.74. The molecule has 0 aliphatic carbocycles. The Morgan fingerprint density at radius 2 is 1.60 bits per heavy atom. The van der Waals surface area contributed by atoms with Crippen LogP contribution >= 0.6 is 0 Å². The van der Waals surface area contributed by atoms with Gasteiger partial charge >= 0.3 is 0 Å². The summed E-state index contributed by atoms with van der Waals surface area (Å²) in [5.41, 5.74) is 2.24. The summed E-state index contributed by atoms with van der Waals surface area (Å²) in [4.78, 5) is 0. The topological polar surface area (TPSA) is 12.0 Å². The van der Waals surface area contributed by atoms with Crippen LogP contribution in [0.5, 0.6) is 0 Å². The van der Waals surface area contributed by atoms with Crippen molar-refractivity contribution in [1.82, 2.24) is 5.32 Å². The number of hydrogen-bond acceptors (Lipinski definition) is 1. The van der Waals surface area contributed by atoms with Crippen LogP contribution in [0.2, 0.25) is 0 Å². The summed E-state index contributed by atoms with van der Waals surface area (Å²) < 4.78 is 39.3. The van der Waals surface area contributed by atoms with Crippen LogP contribution in [0.25, 0.3) is 0 Å². The Morgan fingerprint density at radius 1 is 0.900 bits per heavy atom. The Kier molecular flexibility index (Phi) is 4.79. The first-order chi connectivity index (χ1) is 9.56. The fraction of sp³-hybridized carbons (Fsp3) is 0.250. The molecule has 0 radical (unpaired) electrons. The van der Waals surface area contributed by atoms with Gasteiger partial charge in [-0.25, -0.2) is 13.2 Å². The summed E-state index contributed by atoms with van der Waals surface area (Å²) in [6.45, 7) is 2.73. The molecule has 0 aliphatic heterocycles. The van der Waals surface area contributed by atoms with Crippen LogP contribution in [-0.4, -0.2) is 6.54 Å². The molecule has 2 aromatic rings. The number of rotatable bonds is 5. The van der Waals surface area contributed by atoms with Gasteiger partial charge in [-0.3, -0.25) is 0 Å². The zero-order valence-electron chi connectivity index (χ0n) is 11.2. The molecule has 0 spiro atoms. The zero-order chi connectivity index (χ0) is 14.5. The highest BCUT2D eigenvalue weighted by Gasteiger charge is 2.04. The van der Waals surface area contributed by atoms with Crippen molar-refractivity contribution in [3.8, 4) is 0 Å². The van der Waals surface area contributed by atoms with E-state index in [-0.39, 0.29) is 12.4 Å². The average molecular weight is 279 g/mol. The molecule has 1 nitrogen and oxygen atoms in total. The van der Waals surface area contributed by atoms with Crippen molar-refractivity contribution in [3.05, 3.63) is 70.5 Å². The molecule has 0 amide bonds. The molecule has 0 unspecified atom stereocenters. The maximum Gasteiger partial charge on any atom is 0.127 e. The van der Waals surface area contributed by atoms with Crippen LogP contribution < -0.4 is 5.32 Å². The molecular weight excluding hydrogens is 263 g/mol. The quantitative estimate of drug-likeness (QED) is 0.822. The van der Waals surface area contributed by atoms with Crippen molar-refractivity contribution in [2.24, 2.45) is 0 Å². The molecule has 0 saturated heterocycles. The number of nitrogens with one attached hydrogen (secondary N) is 1. The number of benzene rings is 2. The van der Waals surface area contributed by atoms with Gasteiger partial charge in [0.05, 0.1) is 0 Å². The Labute approximate surface area is 116 Å². The summed E-state index contributed by atoms with van der Waals surface area (Å²) >= 11 is 0. The Hall–Kier alpha value is -1.81. The van der Waals surface area contributed by atoms with Crippen LogP contribution in [0, 0.1) is 24.4 Å². The lowest BCUT2D eigenvalue weighted by Gasteiger charge is -2.08. The second-order valence-electron chi connectivity index (χ2n) is 4.73. The van der Waals surface area contributed by atoms with Gasteiger partial charge in [0, 0.05) is 12.1 Å². The molecule has 0 fully saturated rings. The Bertz CT molecular complexity index is 596. The van der Waals surface area contributed by atoms with Gasteiger partial charge in [0.2, 0.25) is 0 Å². The first kappa shape index (κ1) is 14.6. The molecule has 0 aromatic heterocycles. The smallest absolute Gasteiger partial charge is 0.127 e. The van der Waals surface area contributed by atoms with Gasteiger partial charge in [-0.05, 0) is 61.3 Å². The maximum atomic E-state index is 13.4. The van der Waals surface area contributed by atoms with Gasteiger partial charge in [-0.15, -0.1) is 0 Å². The van der Waals surface area contributed by atoms with E-state index < -0.39 is 11.6 Å². The molecule has 2 rings (SSSR count). The first-order valence-corrected chi connectivity index (χ1v) is 6.46. The minimum absolute atomic E-state index is 0.249. The fourth-order valence-electron chi connectivity index (χ4n) is 2.06. The lowest BCUT2D eigenvalue weighted by molar-refractivity contribution is 0.569. The van der Waals surface area contributed by atoms with Gasteiger partial charge in [0.15, 0.2) is 0 Å². The van der Waals surface area contributed by atoms with E-state index in [4.69, 9.17) is 0 Å². The molecule has 0 aliphatic rings. The van der Waals surface area contributed by atoms with Crippen LogP contribution in [0.4, 0.5) is 13.2 Å².